The topological polar surface area (TPSA) is 41.1 Å². The van der Waals surface area contributed by atoms with E-state index in [0.717, 1.165) is 24.5 Å². The molecule has 0 amide bonds. The first-order valence-corrected chi connectivity index (χ1v) is 4.31. The second-order valence-electron chi connectivity index (χ2n) is 3.28. The Morgan fingerprint density at radius 3 is 2.38 bits per heavy atom. The maximum atomic E-state index is 4.24. The van der Waals surface area contributed by atoms with Gasteiger partial charge in [0, 0.05) is 24.5 Å². The molecular formula is C9H16N4. The van der Waals surface area contributed by atoms with Gasteiger partial charge in [-0.25, -0.2) is 9.97 Å². The standard InChI is InChI=1S/C9H16N4/c1-10-4-8-5-11-9(12-6-8)7-13(2)3/h5-6,10H,4,7H2,1-3H3. The molecule has 13 heavy (non-hydrogen) atoms. The van der Waals surface area contributed by atoms with Crippen molar-refractivity contribution in [2.24, 2.45) is 0 Å². The van der Waals surface area contributed by atoms with E-state index in [2.05, 4.69) is 15.3 Å². The first-order valence-electron chi connectivity index (χ1n) is 4.31. The lowest BCUT2D eigenvalue weighted by atomic mass is 10.3. The Balaban J connectivity index is 2.59. The van der Waals surface area contributed by atoms with Crippen molar-refractivity contribution in [1.29, 1.82) is 0 Å². The summed E-state index contributed by atoms with van der Waals surface area (Å²) in [5, 5.41) is 3.05. The van der Waals surface area contributed by atoms with E-state index in [1.54, 1.807) is 0 Å². The molecule has 4 heteroatoms. The quantitative estimate of drug-likeness (QED) is 0.721. The Hall–Kier alpha value is -1.00. The van der Waals surface area contributed by atoms with E-state index in [9.17, 15) is 0 Å². The van der Waals surface area contributed by atoms with E-state index in [1.807, 2.05) is 38.4 Å². The van der Waals surface area contributed by atoms with Crippen molar-refractivity contribution in [2.45, 2.75) is 13.1 Å². The molecule has 1 rings (SSSR count). The van der Waals surface area contributed by atoms with Gasteiger partial charge in [-0.1, -0.05) is 0 Å². The molecule has 0 aromatic carbocycles. The lowest BCUT2D eigenvalue weighted by Crippen LogP contribution is -2.14. The first kappa shape index (κ1) is 10.1. The highest BCUT2D eigenvalue weighted by Gasteiger charge is 1.98. The monoisotopic (exact) mass is 180 g/mol. The number of nitrogens with zero attached hydrogens (tertiary/aromatic N) is 3. The van der Waals surface area contributed by atoms with Gasteiger partial charge in [-0.05, 0) is 21.1 Å². The van der Waals surface area contributed by atoms with Crippen molar-refractivity contribution in [3.05, 3.63) is 23.8 Å². The molecule has 1 heterocycles. The molecule has 1 aromatic heterocycles. The zero-order valence-corrected chi connectivity index (χ0v) is 8.41. The lowest BCUT2D eigenvalue weighted by Gasteiger charge is -2.07. The molecule has 0 aliphatic rings. The molecule has 0 aliphatic carbocycles. The van der Waals surface area contributed by atoms with Crippen LogP contribution in [-0.2, 0) is 13.1 Å². The summed E-state index contributed by atoms with van der Waals surface area (Å²) in [6, 6.07) is 0. The fraction of sp³-hybridized carbons (Fsp3) is 0.556. The van der Waals surface area contributed by atoms with Crippen LogP contribution in [0.4, 0.5) is 0 Å². The molecule has 1 aromatic rings. The average Bonchev–Trinajstić information content (AvgIpc) is 2.08. The van der Waals surface area contributed by atoms with Crippen molar-refractivity contribution < 1.29 is 0 Å². The second-order valence-corrected chi connectivity index (χ2v) is 3.28. The van der Waals surface area contributed by atoms with Crippen molar-refractivity contribution in [1.82, 2.24) is 20.2 Å². The summed E-state index contributed by atoms with van der Waals surface area (Å²) in [4.78, 5) is 10.5. The van der Waals surface area contributed by atoms with Crippen LogP contribution in [0.2, 0.25) is 0 Å². The summed E-state index contributed by atoms with van der Waals surface area (Å²) >= 11 is 0. The SMILES string of the molecule is CNCc1cnc(CN(C)C)nc1. The van der Waals surface area contributed by atoms with Crippen molar-refractivity contribution in [2.75, 3.05) is 21.1 Å². The van der Waals surface area contributed by atoms with Crippen LogP contribution in [0.3, 0.4) is 0 Å². The largest absolute Gasteiger partial charge is 0.316 e. The molecule has 0 radical (unpaired) electrons. The lowest BCUT2D eigenvalue weighted by molar-refractivity contribution is 0.390. The van der Waals surface area contributed by atoms with E-state index < -0.39 is 0 Å². The van der Waals surface area contributed by atoms with Gasteiger partial charge in [-0.2, -0.15) is 0 Å². The van der Waals surface area contributed by atoms with Gasteiger partial charge in [0.1, 0.15) is 5.82 Å². The van der Waals surface area contributed by atoms with Gasteiger partial charge in [0.05, 0.1) is 6.54 Å². The maximum absolute atomic E-state index is 4.24. The normalized spacial score (nSPS) is 10.8. The third-order valence-electron chi connectivity index (χ3n) is 1.60. The number of aromatic nitrogens is 2. The molecule has 0 bridgehead atoms. The summed E-state index contributed by atoms with van der Waals surface area (Å²) < 4.78 is 0. The van der Waals surface area contributed by atoms with Gasteiger partial charge in [0.25, 0.3) is 0 Å². The number of hydrogen-bond acceptors (Lipinski definition) is 4. The van der Waals surface area contributed by atoms with Crippen molar-refractivity contribution in [3.8, 4) is 0 Å². The highest BCUT2D eigenvalue weighted by molar-refractivity contribution is 5.04. The Kier molecular flexibility index (Phi) is 3.79. The van der Waals surface area contributed by atoms with Crippen LogP contribution >= 0.6 is 0 Å². The third kappa shape index (κ3) is 3.48. The Morgan fingerprint density at radius 2 is 1.92 bits per heavy atom. The molecule has 4 nitrogen and oxygen atoms in total. The van der Waals surface area contributed by atoms with Crippen LogP contribution in [-0.4, -0.2) is 36.0 Å². The molecule has 0 atom stereocenters. The van der Waals surface area contributed by atoms with Crippen LogP contribution in [0.15, 0.2) is 12.4 Å². The number of rotatable bonds is 4. The maximum Gasteiger partial charge on any atom is 0.142 e. The van der Waals surface area contributed by atoms with Crippen LogP contribution < -0.4 is 5.32 Å². The molecule has 0 unspecified atom stereocenters. The summed E-state index contributed by atoms with van der Waals surface area (Å²) in [5.41, 5.74) is 1.12. The minimum absolute atomic E-state index is 0.792. The number of nitrogens with one attached hydrogen (secondary N) is 1. The fourth-order valence-corrected chi connectivity index (χ4v) is 1.04. The summed E-state index contributed by atoms with van der Waals surface area (Å²) in [6.07, 6.45) is 3.73. The molecule has 0 aliphatic heterocycles. The smallest absolute Gasteiger partial charge is 0.142 e. The molecule has 0 saturated carbocycles. The predicted molar refractivity (Wildman–Crippen MR) is 52.2 cm³/mol. The van der Waals surface area contributed by atoms with Gasteiger partial charge >= 0.3 is 0 Å². The van der Waals surface area contributed by atoms with E-state index >= 15 is 0 Å². The van der Waals surface area contributed by atoms with Crippen LogP contribution in [0, 0.1) is 0 Å². The van der Waals surface area contributed by atoms with Crippen LogP contribution in [0.5, 0.6) is 0 Å². The molecule has 0 spiro atoms. The van der Waals surface area contributed by atoms with E-state index in [0.29, 0.717) is 0 Å². The minimum Gasteiger partial charge on any atom is -0.316 e. The van der Waals surface area contributed by atoms with E-state index in [-0.39, 0.29) is 0 Å². The molecule has 0 saturated heterocycles. The Morgan fingerprint density at radius 1 is 1.31 bits per heavy atom. The first-order chi connectivity index (χ1) is 6.22. The fourth-order valence-electron chi connectivity index (χ4n) is 1.04. The summed E-state index contributed by atoms with van der Waals surface area (Å²) in [6.45, 7) is 1.61. The highest BCUT2D eigenvalue weighted by atomic mass is 15.1. The van der Waals surface area contributed by atoms with Gasteiger partial charge in [0.15, 0.2) is 0 Å². The number of hydrogen-bond donors (Lipinski definition) is 1. The molecule has 0 fully saturated rings. The van der Waals surface area contributed by atoms with E-state index in [1.165, 1.54) is 0 Å². The zero-order chi connectivity index (χ0) is 9.68. The minimum atomic E-state index is 0.792. The van der Waals surface area contributed by atoms with Crippen LogP contribution in [0.1, 0.15) is 11.4 Å². The average molecular weight is 180 g/mol. The van der Waals surface area contributed by atoms with Crippen molar-refractivity contribution in [3.63, 3.8) is 0 Å². The summed E-state index contributed by atoms with van der Waals surface area (Å²) in [7, 11) is 5.92. The van der Waals surface area contributed by atoms with Gasteiger partial charge in [0.2, 0.25) is 0 Å². The van der Waals surface area contributed by atoms with Gasteiger partial charge in [-0.15, -0.1) is 0 Å². The highest BCUT2D eigenvalue weighted by Crippen LogP contribution is 1.97. The second kappa shape index (κ2) is 4.89. The molecule has 1 N–H and O–H groups in total. The predicted octanol–water partition coefficient (Wildman–Crippen LogP) is 0.258. The van der Waals surface area contributed by atoms with Crippen molar-refractivity contribution >= 4 is 0 Å². The molecular weight excluding hydrogens is 164 g/mol. The Labute approximate surface area is 79.0 Å². The van der Waals surface area contributed by atoms with Crippen LogP contribution in [0.25, 0.3) is 0 Å². The Bertz CT molecular complexity index is 242. The third-order valence-corrected chi connectivity index (χ3v) is 1.60. The van der Waals surface area contributed by atoms with E-state index in [4.69, 9.17) is 0 Å². The summed E-state index contributed by atoms with van der Waals surface area (Å²) in [5.74, 6) is 0.866. The molecule has 72 valence electrons. The van der Waals surface area contributed by atoms with Gasteiger partial charge < -0.3 is 10.2 Å². The zero-order valence-electron chi connectivity index (χ0n) is 8.41. The van der Waals surface area contributed by atoms with Gasteiger partial charge in [-0.3, -0.25) is 0 Å².